The normalized spacial score (nSPS) is 11.8. The second-order valence-corrected chi connectivity index (χ2v) is 6.72. The summed E-state index contributed by atoms with van der Waals surface area (Å²) < 4.78 is 7.12. The summed E-state index contributed by atoms with van der Waals surface area (Å²) in [7, 11) is 0. The second-order valence-electron chi connectivity index (χ2n) is 5.87. The van der Waals surface area contributed by atoms with E-state index in [4.69, 9.17) is 28.2 Å². The highest BCUT2D eigenvalue weighted by atomic mass is 35.5. The Kier molecular flexibility index (Phi) is 5.81. The van der Waals surface area contributed by atoms with Gasteiger partial charge in [0.15, 0.2) is 17.4 Å². The molecular weight excluding hydrogens is 368 g/mol. The molecule has 26 heavy (non-hydrogen) atoms. The number of nitrogens with zero attached hydrogens (tertiary/aromatic N) is 1. The number of hydrogen-bond donors (Lipinski definition) is 1. The first kappa shape index (κ1) is 18.3. The molecule has 0 saturated carbocycles. The Hall–Kier alpha value is -2.50. The summed E-state index contributed by atoms with van der Waals surface area (Å²) in [4.78, 5) is 13.6. The van der Waals surface area contributed by atoms with Crippen molar-refractivity contribution >= 4 is 34.6 Å². The molecule has 132 valence electrons. The Morgan fingerprint density at radius 1 is 1.23 bits per heavy atom. The molecule has 0 aliphatic rings. The monoisotopic (exact) mass is 385 g/mol. The minimum Gasteiger partial charge on any atom is -0.467 e. The molecule has 0 bridgehead atoms. The molecule has 0 spiro atoms. The van der Waals surface area contributed by atoms with Gasteiger partial charge in [-0.05, 0) is 37.3 Å². The van der Waals surface area contributed by atoms with E-state index in [-0.39, 0.29) is 5.78 Å². The van der Waals surface area contributed by atoms with Crippen molar-refractivity contribution in [2.75, 3.05) is 0 Å². The average Bonchev–Trinajstić information content (AvgIpc) is 3.14. The van der Waals surface area contributed by atoms with Gasteiger partial charge in [-0.3, -0.25) is 4.79 Å². The molecular formula is C20H18ClN2O2S+. The standard InChI is InChI=1S/C20H17ClN2O2S/c1-14-6-4-10-23(13-14)18(19(24)16-8-2-3-9-17(16)21)20(26)22-12-15-7-5-11-25-15/h2-11,13,18H,12H2,1H3/p+1/t18-/m1/s1. The summed E-state index contributed by atoms with van der Waals surface area (Å²) >= 11 is 11.8. The van der Waals surface area contributed by atoms with Gasteiger partial charge in [-0.15, -0.1) is 0 Å². The fourth-order valence-electron chi connectivity index (χ4n) is 2.66. The number of pyridine rings is 1. The lowest BCUT2D eigenvalue weighted by atomic mass is 10.0. The van der Waals surface area contributed by atoms with E-state index in [9.17, 15) is 4.79 Å². The third-order valence-corrected chi connectivity index (χ3v) is 4.62. The molecule has 0 amide bonds. The number of aromatic nitrogens is 1. The van der Waals surface area contributed by atoms with Crippen LogP contribution in [0.5, 0.6) is 0 Å². The molecule has 2 heterocycles. The van der Waals surface area contributed by atoms with Gasteiger partial charge in [0.1, 0.15) is 5.76 Å². The van der Waals surface area contributed by atoms with Crippen LogP contribution in [-0.4, -0.2) is 10.8 Å². The quantitative estimate of drug-likeness (QED) is 0.394. The minimum absolute atomic E-state index is 0.164. The van der Waals surface area contributed by atoms with E-state index in [0.29, 0.717) is 22.1 Å². The molecule has 4 nitrogen and oxygen atoms in total. The Bertz CT molecular complexity index is 925. The number of furan rings is 1. The summed E-state index contributed by atoms with van der Waals surface area (Å²) in [6.45, 7) is 2.37. The molecule has 2 aromatic heterocycles. The van der Waals surface area contributed by atoms with Crippen LogP contribution in [-0.2, 0) is 6.54 Å². The summed E-state index contributed by atoms with van der Waals surface area (Å²) in [5, 5.41) is 3.53. The lowest BCUT2D eigenvalue weighted by molar-refractivity contribution is -0.692. The van der Waals surface area contributed by atoms with Crippen LogP contribution >= 0.6 is 23.8 Å². The summed E-state index contributed by atoms with van der Waals surface area (Å²) in [6, 6.07) is 13.8. The maximum Gasteiger partial charge on any atom is 0.270 e. The van der Waals surface area contributed by atoms with E-state index in [1.165, 1.54) is 0 Å². The Balaban J connectivity index is 1.92. The molecule has 0 unspecified atom stereocenters. The van der Waals surface area contributed by atoms with Gasteiger partial charge in [-0.2, -0.15) is 4.57 Å². The lowest BCUT2D eigenvalue weighted by Crippen LogP contribution is -2.51. The number of rotatable bonds is 6. The lowest BCUT2D eigenvalue weighted by Gasteiger charge is -2.15. The molecule has 0 aliphatic heterocycles. The van der Waals surface area contributed by atoms with Gasteiger partial charge >= 0.3 is 0 Å². The van der Waals surface area contributed by atoms with Crippen molar-refractivity contribution in [3.8, 4) is 0 Å². The zero-order valence-electron chi connectivity index (χ0n) is 14.2. The van der Waals surface area contributed by atoms with Crippen molar-refractivity contribution in [2.24, 2.45) is 0 Å². The summed E-state index contributed by atoms with van der Waals surface area (Å²) in [5.41, 5.74) is 1.47. The van der Waals surface area contributed by atoms with Crippen molar-refractivity contribution < 1.29 is 13.8 Å². The predicted molar refractivity (Wildman–Crippen MR) is 104 cm³/mol. The molecule has 3 aromatic rings. The molecule has 1 aromatic carbocycles. The van der Waals surface area contributed by atoms with E-state index in [0.717, 1.165) is 11.3 Å². The van der Waals surface area contributed by atoms with Crippen LogP contribution in [0.2, 0.25) is 5.02 Å². The maximum atomic E-state index is 13.2. The van der Waals surface area contributed by atoms with Gasteiger partial charge in [0, 0.05) is 17.2 Å². The van der Waals surface area contributed by atoms with E-state index < -0.39 is 6.04 Å². The average molecular weight is 386 g/mol. The van der Waals surface area contributed by atoms with Crippen molar-refractivity contribution in [1.29, 1.82) is 0 Å². The smallest absolute Gasteiger partial charge is 0.270 e. The number of carbonyl (C=O) groups excluding carboxylic acids is 1. The van der Waals surface area contributed by atoms with Crippen molar-refractivity contribution in [2.45, 2.75) is 19.5 Å². The van der Waals surface area contributed by atoms with E-state index >= 15 is 0 Å². The molecule has 0 saturated heterocycles. The number of carbonyl (C=O) groups is 1. The first-order chi connectivity index (χ1) is 12.6. The molecule has 0 aliphatic carbocycles. The minimum atomic E-state index is -0.695. The fraction of sp³-hybridized carbons (Fsp3) is 0.150. The van der Waals surface area contributed by atoms with Gasteiger partial charge < -0.3 is 9.73 Å². The number of thiocarbonyl (C=S) groups is 1. The highest BCUT2D eigenvalue weighted by Crippen LogP contribution is 2.20. The molecule has 3 rings (SSSR count). The maximum absolute atomic E-state index is 13.2. The molecule has 0 fully saturated rings. The highest BCUT2D eigenvalue weighted by Gasteiger charge is 2.34. The summed E-state index contributed by atoms with van der Waals surface area (Å²) in [5.74, 6) is 0.577. The van der Waals surface area contributed by atoms with Gasteiger partial charge in [0.2, 0.25) is 5.78 Å². The number of benzene rings is 1. The van der Waals surface area contributed by atoms with Crippen LogP contribution < -0.4 is 9.88 Å². The van der Waals surface area contributed by atoms with Crippen molar-refractivity contribution in [1.82, 2.24) is 5.32 Å². The third-order valence-electron chi connectivity index (χ3n) is 3.92. The number of nitrogens with one attached hydrogen (secondary N) is 1. The topological polar surface area (TPSA) is 46.1 Å². The Labute approximate surface area is 162 Å². The van der Waals surface area contributed by atoms with E-state index in [1.54, 1.807) is 35.1 Å². The Morgan fingerprint density at radius 3 is 2.73 bits per heavy atom. The van der Waals surface area contributed by atoms with Crippen molar-refractivity contribution in [3.05, 3.63) is 89.1 Å². The zero-order valence-corrected chi connectivity index (χ0v) is 15.8. The Morgan fingerprint density at radius 2 is 2.04 bits per heavy atom. The first-order valence-corrected chi connectivity index (χ1v) is 8.91. The summed E-state index contributed by atoms with van der Waals surface area (Å²) in [6.07, 6.45) is 5.31. The molecule has 1 N–H and O–H groups in total. The number of hydrogen-bond acceptors (Lipinski definition) is 3. The molecule has 1 atom stereocenters. The van der Waals surface area contributed by atoms with Gasteiger partial charge in [-0.25, -0.2) is 0 Å². The predicted octanol–water partition coefficient (Wildman–Crippen LogP) is 4.07. The molecule has 0 radical (unpaired) electrons. The van der Waals surface area contributed by atoms with Crippen LogP contribution in [0.25, 0.3) is 0 Å². The number of halogens is 1. The molecule has 6 heteroatoms. The van der Waals surface area contributed by atoms with Gasteiger partial charge in [0.05, 0.1) is 17.8 Å². The number of Topliss-reactive ketones (excluding diaryl/α,β-unsaturated/α-hetero) is 1. The van der Waals surface area contributed by atoms with Crippen LogP contribution in [0.4, 0.5) is 0 Å². The fourth-order valence-corrected chi connectivity index (χ4v) is 3.19. The SMILES string of the molecule is Cc1ccc[n+]([C@H](C(=O)c2ccccc2Cl)C(=S)NCc2ccco2)c1. The van der Waals surface area contributed by atoms with Crippen LogP contribution in [0.15, 0.2) is 71.6 Å². The van der Waals surface area contributed by atoms with Gasteiger partial charge in [-0.1, -0.05) is 36.0 Å². The van der Waals surface area contributed by atoms with Crippen molar-refractivity contribution in [3.63, 3.8) is 0 Å². The zero-order chi connectivity index (χ0) is 18.5. The van der Waals surface area contributed by atoms with Crippen LogP contribution in [0, 0.1) is 6.92 Å². The second kappa shape index (κ2) is 8.25. The van der Waals surface area contributed by atoms with Crippen LogP contribution in [0.1, 0.15) is 27.7 Å². The third kappa shape index (κ3) is 4.18. The van der Waals surface area contributed by atoms with E-state index in [1.807, 2.05) is 43.6 Å². The largest absolute Gasteiger partial charge is 0.467 e. The van der Waals surface area contributed by atoms with E-state index in [2.05, 4.69) is 5.32 Å². The van der Waals surface area contributed by atoms with Gasteiger partial charge in [0.25, 0.3) is 6.04 Å². The number of ketones is 1. The first-order valence-electron chi connectivity index (χ1n) is 8.12. The van der Waals surface area contributed by atoms with Crippen LogP contribution in [0.3, 0.4) is 0 Å². The number of aryl methyl sites for hydroxylation is 1. The highest BCUT2D eigenvalue weighted by molar-refractivity contribution is 7.80.